The summed E-state index contributed by atoms with van der Waals surface area (Å²) in [5.74, 6) is -0.301. The summed E-state index contributed by atoms with van der Waals surface area (Å²) < 4.78 is 3.33. The zero-order valence-corrected chi connectivity index (χ0v) is 15.9. The number of benzene rings is 2. The third-order valence-electron chi connectivity index (χ3n) is 4.60. The van der Waals surface area contributed by atoms with E-state index in [4.69, 9.17) is 0 Å². The molecule has 9 heteroatoms. The second-order valence-corrected chi connectivity index (χ2v) is 6.57. The molecule has 30 heavy (non-hydrogen) atoms. The van der Waals surface area contributed by atoms with Crippen LogP contribution in [0.3, 0.4) is 0 Å². The first-order valence-electron chi connectivity index (χ1n) is 9.23. The van der Waals surface area contributed by atoms with Gasteiger partial charge < -0.3 is 5.32 Å². The Labute approximate surface area is 171 Å². The number of aromatic nitrogens is 4. The smallest absolute Gasteiger partial charge is 0.272 e. The number of rotatable bonds is 7. The second-order valence-electron chi connectivity index (χ2n) is 6.57. The number of hydrogen-bond acceptors (Lipinski definition) is 5. The highest BCUT2D eigenvalue weighted by molar-refractivity contribution is 5.92. The topological polar surface area (TPSA) is 108 Å². The minimum Gasteiger partial charge on any atom is -0.347 e. The lowest BCUT2D eigenvalue weighted by Crippen LogP contribution is -2.24. The van der Waals surface area contributed by atoms with E-state index < -0.39 is 4.92 Å². The molecule has 150 valence electrons. The molecule has 4 rings (SSSR count). The molecule has 0 aliphatic heterocycles. The highest BCUT2D eigenvalue weighted by Gasteiger charge is 2.12. The molecule has 0 atom stereocenters. The third-order valence-corrected chi connectivity index (χ3v) is 4.60. The van der Waals surface area contributed by atoms with Crippen LogP contribution in [-0.4, -0.2) is 30.4 Å². The number of carbonyl (C=O) groups is 1. The summed E-state index contributed by atoms with van der Waals surface area (Å²) in [7, 11) is 0. The quantitative estimate of drug-likeness (QED) is 0.378. The van der Waals surface area contributed by atoms with Gasteiger partial charge in [0.2, 0.25) is 0 Å². The monoisotopic (exact) mass is 402 g/mol. The van der Waals surface area contributed by atoms with Gasteiger partial charge in [-0.15, -0.1) is 0 Å². The molecule has 0 fully saturated rings. The van der Waals surface area contributed by atoms with Crippen LogP contribution in [0, 0.1) is 10.1 Å². The van der Waals surface area contributed by atoms with Crippen LogP contribution in [0.2, 0.25) is 0 Å². The van der Waals surface area contributed by atoms with E-state index >= 15 is 0 Å². The SMILES string of the molecule is O=C(NCc1ccccc1Cn1cccn1)c1ccn(-c2ccc([N+](=O)[O-])cc2)n1. The van der Waals surface area contributed by atoms with Gasteiger partial charge in [-0.2, -0.15) is 10.2 Å². The van der Waals surface area contributed by atoms with E-state index in [2.05, 4.69) is 15.5 Å². The van der Waals surface area contributed by atoms with E-state index in [1.807, 2.05) is 41.2 Å². The minimum absolute atomic E-state index is 0.00218. The average Bonchev–Trinajstić information content (AvgIpc) is 3.45. The summed E-state index contributed by atoms with van der Waals surface area (Å²) in [5.41, 5.74) is 2.95. The number of nitro benzene ring substituents is 1. The Kier molecular flexibility index (Phi) is 5.33. The number of nitrogens with zero attached hydrogens (tertiary/aromatic N) is 5. The summed E-state index contributed by atoms with van der Waals surface area (Å²) >= 11 is 0. The standard InChI is InChI=1S/C21H18N6O3/c28-21(20-10-13-26(24-20)18-6-8-19(9-7-18)27(29)30)22-14-16-4-1-2-5-17(16)15-25-12-3-11-23-25/h1-13H,14-15H2,(H,22,28). The molecular formula is C21H18N6O3. The van der Waals surface area contributed by atoms with Crippen molar-refractivity contribution in [2.75, 3.05) is 0 Å². The first-order valence-corrected chi connectivity index (χ1v) is 9.23. The van der Waals surface area contributed by atoms with Gasteiger partial charge in [-0.1, -0.05) is 24.3 Å². The van der Waals surface area contributed by atoms with Gasteiger partial charge in [0.05, 0.1) is 17.2 Å². The van der Waals surface area contributed by atoms with Crippen LogP contribution in [0.5, 0.6) is 0 Å². The van der Waals surface area contributed by atoms with Crippen molar-refractivity contribution in [3.63, 3.8) is 0 Å². The molecule has 9 nitrogen and oxygen atoms in total. The fourth-order valence-electron chi connectivity index (χ4n) is 3.03. The fourth-order valence-corrected chi connectivity index (χ4v) is 3.03. The van der Waals surface area contributed by atoms with E-state index in [1.165, 1.54) is 16.8 Å². The maximum atomic E-state index is 12.5. The van der Waals surface area contributed by atoms with Crippen LogP contribution >= 0.6 is 0 Å². The van der Waals surface area contributed by atoms with Crippen molar-refractivity contribution in [1.82, 2.24) is 24.9 Å². The van der Waals surface area contributed by atoms with E-state index in [1.54, 1.807) is 30.6 Å². The van der Waals surface area contributed by atoms with Gasteiger partial charge in [0, 0.05) is 37.3 Å². The Morgan fingerprint density at radius 3 is 2.47 bits per heavy atom. The van der Waals surface area contributed by atoms with Crippen LogP contribution in [0.15, 0.2) is 79.3 Å². The Hall–Kier alpha value is -4.27. The van der Waals surface area contributed by atoms with Crippen LogP contribution in [0.1, 0.15) is 21.6 Å². The summed E-state index contributed by atoms with van der Waals surface area (Å²) in [6.07, 6.45) is 5.26. The molecule has 0 bridgehead atoms. The Balaban J connectivity index is 1.42. The van der Waals surface area contributed by atoms with Crippen molar-refractivity contribution in [3.8, 4) is 5.69 Å². The minimum atomic E-state index is -0.462. The molecular weight excluding hydrogens is 384 g/mol. The number of amides is 1. The third kappa shape index (κ3) is 4.25. The maximum absolute atomic E-state index is 12.5. The number of hydrogen-bond donors (Lipinski definition) is 1. The van der Waals surface area contributed by atoms with E-state index in [0.717, 1.165) is 11.1 Å². The fraction of sp³-hybridized carbons (Fsp3) is 0.0952. The Bertz CT molecular complexity index is 1170. The largest absolute Gasteiger partial charge is 0.347 e. The molecule has 0 saturated carbocycles. The lowest BCUT2D eigenvalue weighted by Gasteiger charge is -2.10. The molecule has 0 spiro atoms. The molecule has 0 saturated heterocycles. The molecule has 1 N–H and O–H groups in total. The van der Waals surface area contributed by atoms with Crippen LogP contribution in [-0.2, 0) is 13.1 Å². The van der Waals surface area contributed by atoms with Gasteiger partial charge in [-0.3, -0.25) is 19.6 Å². The van der Waals surface area contributed by atoms with Gasteiger partial charge in [0.15, 0.2) is 5.69 Å². The van der Waals surface area contributed by atoms with E-state index in [0.29, 0.717) is 18.8 Å². The maximum Gasteiger partial charge on any atom is 0.272 e. The summed E-state index contributed by atoms with van der Waals surface area (Å²) in [6, 6.07) is 17.3. The molecule has 4 aromatic rings. The molecule has 2 heterocycles. The molecule has 0 aliphatic rings. The van der Waals surface area contributed by atoms with Gasteiger partial charge in [-0.05, 0) is 35.4 Å². The first kappa shape index (κ1) is 19.1. The second kappa shape index (κ2) is 8.39. The number of carbonyl (C=O) groups excluding carboxylic acids is 1. The highest BCUT2D eigenvalue weighted by atomic mass is 16.6. The summed E-state index contributed by atoms with van der Waals surface area (Å²) in [4.78, 5) is 22.8. The van der Waals surface area contributed by atoms with Gasteiger partial charge in [0.1, 0.15) is 0 Å². The Morgan fingerprint density at radius 1 is 1.00 bits per heavy atom. The van der Waals surface area contributed by atoms with Gasteiger partial charge in [-0.25, -0.2) is 4.68 Å². The first-order chi connectivity index (χ1) is 14.6. The van der Waals surface area contributed by atoms with Crippen LogP contribution < -0.4 is 5.32 Å². The van der Waals surface area contributed by atoms with E-state index in [-0.39, 0.29) is 17.3 Å². The normalized spacial score (nSPS) is 10.7. The predicted octanol–water partition coefficient (Wildman–Crippen LogP) is 2.96. The van der Waals surface area contributed by atoms with Crippen molar-refractivity contribution in [3.05, 3.63) is 106 Å². The van der Waals surface area contributed by atoms with Crippen LogP contribution in [0.4, 0.5) is 5.69 Å². The Morgan fingerprint density at radius 2 is 1.77 bits per heavy atom. The predicted molar refractivity (Wildman–Crippen MR) is 109 cm³/mol. The molecule has 2 aromatic heterocycles. The molecule has 0 radical (unpaired) electrons. The van der Waals surface area contributed by atoms with Crippen LogP contribution in [0.25, 0.3) is 5.69 Å². The lowest BCUT2D eigenvalue weighted by atomic mass is 10.1. The summed E-state index contributed by atoms with van der Waals surface area (Å²) in [6.45, 7) is 0.981. The molecule has 0 aliphatic carbocycles. The van der Waals surface area contributed by atoms with Crippen molar-refractivity contribution < 1.29 is 9.72 Å². The lowest BCUT2D eigenvalue weighted by molar-refractivity contribution is -0.384. The molecule has 2 aromatic carbocycles. The average molecular weight is 402 g/mol. The van der Waals surface area contributed by atoms with Crippen molar-refractivity contribution in [2.24, 2.45) is 0 Å². The number of non-ortho nitro benzene ring substituents is 1. The van der Waals surface area contributed by atoms with Crippen molar-refractivity contribution >= 4 is 11.6 Å². The zero-order chi connectivity index (χ0) is 20.9. The number of nitro groups is 1. The summed E-state index contributed by atoms with van der Waals surface area (Å²) in [5, 5.41) is 22.2. The van der Waals surface area contributed by atoms with Gasteiger partial charge in [0.25, 0.3) is 11.6 Å². The number of nitrogens with one attached hydrogen (secondary N) is 1. The van der Waals surface area contributed by atoms with Crippen molar-refractivity contribution in [2.45, 2.75) is 13.1 Å². The van der Waals surface area contributed by atoms with Gasteiger partial charge >= 0.3 is 0 Å². The molecule has 1 amide bonds. The molecule has 0 unspecified atom stereocenters. The van der Waals surface area contributed by atoms with Crippen molar-refractivity contribution in [1.29, 1.82) is 0 Å². The zero-order valence-electron chi connectivity index (χ0n) is 15.9. The highest BCUT2D eigenvalue weighted by Crippen LogP contribution is 2.15. The van der Waals surface area contributed by atoms with E-state index in [9.17, 15) is 14.9 Å².